The third-order valence-electron chi connectivity index (χ3n) is 6.10. The smallest absolute Gasteiger partial charge is 0.308 e. The molecule has 3 fully saturated rings. The van der Waals surface area contributed by atoms with Gasteiger partial charge in [0.15, 0.2) is 6.35 Å². The Morgan fingerprint density at radius 1 is 1.04 bits per heavy atom. The Hall–Kier alpha value is -1.18. The Morgan fingerprint density at radius 2 is 1.74 bits per heavy atom. The molecule has 1 amide bonds. The summed E-state index contributed by atoms with van der Waals surface area (Å²) < 4.78 is 11.7. The summed E-state index contributed by atoms with van der Waals surface area (Å²) in [6.45, 7) is 9.25. The Labute approximate surface area is 162 Å². The molecule has 0 aromatic heterocycles. The van der Waals surface area contributed by atoms with E-state index < -0.39 is 0 Å². The van der Waals surface area contributed by atoms with Gasteiger partial charge >= 0.3 is 5.97 Å². The molecule has 0 aromatic rings. The van der Waals surface area contributed by atoms with Gasteiger partial charge in [0.2, 0.25) is 5.91 Å². The molecule has 7 nitrogen and oxygen atoms in total. The second kappa shape index (κ2) is 9.85. The highest BCUT2D eigenvalue weighted by atomic mass is 16.5. The topological polar surface area (TPSA) is 62.3 Å². The number of rotatable bonds is 7. The van der Waals surface area contributed by atoms with Gasteiger partial charge in [-0.1, -0.05) is 0 Å². The first-order valence-corrected chi connectivity index (χ1v) is 10.7. The summed E-state index contributed by atoms with van der Waals surface area (Å²) in [6.07, 6.45) is 5.86. The average Bonchev–Trinajstić information content (AvgIpc) is 3.21. The molecule has 0 N–H and O–H groups in total. The molecule has 0 aromatic carbocycles. The van der Waals surface area contributed by atoms with E-state index in [2.05, 4.69) is 9.80 Å². The van der Waals surface area contributed by atoms with Crippen LogP contribution >= 0.6 is 0 Å². The number of piperazine rings is 1. The lowest BCUT2D eigenvalue weighted by Gasteiger charge is -2.43. The summed E-state index contributed by atoms with van der Waals surface area (Å²) in [5, 5.41) is 0. The third-order valence-corrected chi connectivity index (χ3v) is 6.10. The quantitative estimate of drug-likeness (QED) is 0.625. The largest absolute Gasteiger partial charge is 0.466 e. The minimum Gasteiger partial charge on any atom is -0.466 e. The van der Waals surface area contributed by atoms with E-state index in [1.165, 1.54) is 12.8 Å². The molecule has 7 heteroatoms. The van der Waals surface area contributed by atoms with E-state index in [0.717, 1.165) is 58.4 Å². The molecule has 2 heterocycles. The fourth-order valence-electron chi connectivity index (χ4n) is 4.48. The first-order valence-electron chi connectivity index (χ1n) is 10.7. The Kier molecular flexibility index (Phi) is 7.49. The number of likely N-dealkylation sites (tertiary alicyclic amines) is 1. The van der Waals surface area contributed by atoms with Crippen LogP contribution in [-0.2, 0) is 19.1 Å². The molecule has 3 aliphatic rings. The van der Waals surface area contributed by atoms with E-state index in [1.54, 1.807) is 0 Å². The van der Waals surface area contributed by atoms with Crippen molar-refractivity contribution >= 4 is 11.9 Å². The number of carbonyl (C=O) groups is 2. The van der Waals surface area contributed by atoms with Crippen LogP contribution in [0.25, 0.3) is 0 Å². The zero-order valence-electron chi connectivity index (χ0n) is 16.9. The van der Waals surface area contributed by atoms with E-state index in [0.29, 0.717) is 13.2 Å². The van der Waals surface area contributed by atoms with Crippen LogP contribution in [0.4, 0.5) is 0 Å². The van der Waals surface area contributed by atoms with Gasteiger partial charge in [-0.25, -0.2) is 0 Å². The van der Waals surface area contributed by atoms with E-state index in [9.17, 15) is 9.59 Å². The molecule has 1 aliphatic carbocycles. The molecule has 27 heavy (non-hydrogen) atoms. The predicted octanol–water partition coefficient (Wildman–Crippen LogP) is 1.67. The number of hydrogen-bond donors (Lipinski definition) is 0. The van der Waals surface area contributed by atoms with Gasteiger partial charge in [0.25, 0.3) is 0 Å². The normalized spacial score (nSPS) is 29.1. The van der Waals surface area contributed by atoms with Gasteiger partial charge < -0.3 is 14.4 Å². The van der Waals surface area contributed by atoms with E-state index in [4.69, 9.17) is 9.47 Å². The monoisotopic (exact) mass is 381 g/mol. The summed E-state index contributed by atoms with van der Waals surface area (Å²) in [6, 6.07) is 0. The second-order valence-corrected chi connectivity index (χ2v) is 7.88. The molecular weight excluding hydrogens is 346 g/mol. The number of nitrogens with zero attached hydrogens (tertiary/aromatic N) is 3. The molecule has 0 bridgehead atoms. The molecule has 3 rings (SSSR count). The molecule has 1 unspecified atom stereocenters. The minimum atomic E-state index is -0.111. The fraction of sp³-hybridized carbons (Fsp3) is 0.900. The third kappa shape index (κ3) is 5.21. The molecule has 0 spiro atoms. The highest BCUT2D eigenvalue weighted by Crippen LogP contribution is 2.30. The zero-order valence-corrected chi connectivity index (χ0v) is 16.9. The van der Waals surface area contributed by atoms with Gasteiger partial charge in [-0.3, -0.25) is 19.4 Å². The summed E-state index contributed by atoms with van der Waals surface area (Å²) in [4.78, 5) is 30.8. The van der Waals surface area contributed by atoms with E-state index in [-0.39, 0.29) is 30.3 Å². The van der Waals surface area contributed by atoms with Crippen molar-refractivity contribution in [2.45, 2.75) is 64.8 Å². The van der Waals surface area contributed by atoms with Gasteiger partial charge in [-0.15, -0.1) is 0 Å². The lowest BCUT2D eigenvalue weighted by Crippen LogP contribution is -2.59. The number of carbonyl (C=O) groups excluding carboxylic acids is 2. The molecular formula is C20H35N3O4. The molecule has 1 atom stereocenters. The number of esters is 1. The standard InChI is InChI=1S/C20H35N3O4/c1-3-21-13-14-23(15-18(21)24)20(22-11-5-6-12-22)27-17-9-7-16(8-10-17)19(25)26-4-2/h16-17,20H,3-15H2,1-2H3. The van der Waals surface area contributed by atoms with Crippen LogP contribution in [0.3, 0.4) is 0 Å². The van der Waals surface area contributed by atoms with E-state index >= 15 is 0 Å². The summed E-state index contributed by atoms with van der Waals surface area (Å²) in [5.41, 5.74) is 0. The van der Waals surface area contributed by atoms with Crippen molar-refractivity contribution in [2.75, 3.05) is 45.9 Å². The molecule has 154 valence electrons. The lowest BCUT2D eigenvalue weighted by atomic mass is 9.87. The second-order valence-electron chi connectivity index (χ2n) is 7.88. The van der Waals surface area contributed by atoms with Gasteiger partial charge in [-0.2, -0.15) is 0 Å². The van der Waals surface area contributed by atoms with Gasteiger partial charge in [0.05, 0.1) is 25.2 Å². The maximum atomic E-state index is 12.4. The minimum absolute atomic E-state index is 0.0183. The molecule has 2 saturated heterocycles. The summed E-state index contributed by atoms with van der Waals surface area (Å²) >= 11 is 0. The van der Waals surface area contributed by atoms with Crippen LogP contribution in [0.1, 0.15) is 52.4 Å². The maximum Gasteiger partial charge on any atom is 0.308 e. The molecule has 0 radical (unpaired) electrons. The van der Waals surface area contributed by atoms with Crippen LogP contribution in [-0.4, -0.2) is 84.9 Å². The Morgan fingerprint density at radius 3 is 2.33 bits per heavy atom. The first-order chi connectivity index (χ1) is 13.1. The number of likely N-dealkylation sites (N-methyl/N-ethyl adjacent to an activating group) is 1. The van der Waals surface area contributed by atoms with Crippen molar-refractivity contribution in [1.29, 1.82) is 0 Å². The predicted molar refractivity (Wildman–Crippen MR) is 102 cm³/mol. The van der Waals surface area contributed by atoms with Crippen molar-refractivity contribution in [3.05, 3.63) is 0 Å². The fourth-order valence-corrected chi connectivity index (χ4v) is 4.48. The maximum absolute atomic E-state index is 12.4. The summed E-state index contributed by atoms with van der Waals surface area (Å²) in [5.74, 6) is 0.153. The average molecular weight is 382 g/mol. The highest BCUT2D eigenvalue weighted by Gasteiger charge is 2.36. The molecule has 1 saturated carbocycles. The van der Waals surface area contributed by atoms with Crippen molar-refractivity contribution in [3.8, 4) is 0 Å². The number of hydrogen-bond acceptors (Lipinski definition) is 6. The van der Waals surface area contributed by atoms with Gasteiger partial charge in [0.1, 0.15) is 0 Å². The Bertz CT molecular complexity index is 501. The van der Waals surface area contributed by atoms with Crippen molar-refractivity contribution in [3.63, 3.8) is 0 Å². The number of amides is 1. The van der Waals surface area contributed by atoms with Crippen molar-refractivity contribution < 1.29 is 19.1 Å². The zero-order chi connectivity index (χ0) is 19.2. The van der Waals surface area contributed by atoms with Crippen LogP contribution < -0.4 is 0 Å². The lowest BCUT2D eigenvalue weighted by molar-refractivity contribution is -0.194. The van der Waals surface area contributed by atoms with Crippen molar-refractivity contribution in [1.82, 2.24) is 14.7 Å². The van der Waals surface area contributed by atoms with Crippen LogP contribution in [0.2, 0.25) is 0 Å². The van der Waals surface area contributed by atoms with Crippen molar-refractivity contribution in [2.24, 2.45) is 5.92 Å². The first kappa shape index (κ1) is 20.6. The number of ether oxygens (including phenoxy) is 2. The SMILES string of the molecule is CCOC(=O)C1CCC(OC(N2CCCC2)N2CCN(CC)C(=O)C2)CC1. The Balaban J connectivity index is 1.57. The van der Waals surface area contributed by atoms with Crippen LogP contribution in [0.5, 0.6) is 0 Å². The van der Waals surface area contributed by atoms with Crippen LogP contribution in [0, 0.1) is 5.92 Å². The molecule has 2 aliphatic heterocycles. The highest BCUT2D eigenvalue weighted by molar-refractivity contribution is 5.79. The van der Waals surface area contributed by atoms with E-state index in [1.807, 2.05) is 18.7 Å². The van der Waals surface area contributed by atoms with Gasteiger partial charge in [-0.05, 0) is 52.4 Å². The van der Waals surface area contributed by atoms with Gasteiger partial charge in [0, 0.05) is 32.7 Å². The van der Waals surface area contributed by atoms with Crippen LogP contribution in [0.15, 0.2) is 0 Å². The summed E-state index contributed by atoms with van der Waals surface area (Å²) in [7, 11) is 0.